The van der Waals surface area contributed by atoms with Crippen molar-refractivity contribution < 1.29 is 0 Å². The number of nitrogens with zero attached hydrogens (tertiary/aromatic N) is 2. The number of rotatable bonds is 6. The quantitative estimate of drug-likeness (QED) is 0.751. The lowest BCUT2D eigenvalue weighted by atomic mass is 10.0. The predicted octanol–water partition coefficient (Wildman–Crippen LogP) is 1.91. The lowest BCUT2D eigenvalue weighted by Gasteiger charge is -2.20. The summed E-state index contributed by atoms with van der Waals surface area (Å²) in [4.78, 5) is 0. The molecule has 1 atom stereocenters. The van der Waals surface area contributed by atoms with Crippen LogP contribution in [-0.2, 0) is 6.54 Å². The first-order valence-corrected chi connectivity index (χ1v) is 5.44. The maximum absolute atomic E-state index is 4.16. The van der Waals surface area contributed by atoms with Gasteiger partial charge >= 0.3 is 0 Å². The van der Waals surface area contributed by atoms with E-state index in [0.717, 1.165) is 13.1 Å². The average molecular weight is 195 g/mol. The topological polar surface area (TPSA) is 29.9 Å². The third-order valence-corrected chi connectivity index (χ3v) is 2.55. The molecule has 3 heteroatoms. The number of hydrogen-bond donors (Lipinski definition) is 1. The molecule has 0 aromatic carbocycles. The van der Waals surface area contributed by atoms with E-state index >= 15 is 0 Å². The smallest absolute Gasteiger partial charge is 0.0534 e. The summed E-state index contributed by atoms with van der Waals surface area (Å²) < 4.78 is 1.96. The van der Waals surface area contributed by atoms with Crippen LogP contribution in [0.5, 0.6) is 0 Å². The molecule has 0 saturated carbocycles. The number of nitrogens with one attached hydrogen (secondary N) is 1. The van der Waals surface area contributed by atoms with E-state index in [2.05, 4.69) is 31.2 Å². The molecule has 0 fully saturated rings. The summed E-state index contributed by atoms with van der Waals surface area (Å²) >= 11 is 0. The summed E-state index contributed by atoms with van der Waals surface area (Å²) in [7, 11) is 0. The van der Waals surface area contributed by atoms with Gasteiger partial charge in [-0.25, -0.2) is 0 Å². The molecular formula is C11H21N3. The van der Waals surface area contributed by atoms with Gasteiger partial charge in [-0.15, -0.1) is 0 Å². The van der Waals surface area contributed by atoms with Gasteiger partial charge in [0.1, 0.15) is 0 Å². The van der Waals surface area contributed by atoms with Crippen molar-refractivity contribution in [3.8, 4) is 0 Å². The molecule has 3 nitrogen and oxygen atoms in total. The second-order valence-corrected chi connectivity index (χ2v) is 3.98. The van der Waals surface area contributed by atoms with Crippen LogP contribution in [0.2, 0.25) is 0 Å². The molecule has 0 aliphatic heterocycles. The van der Waals surface area contributed by atoms with Crippen LogP contribution in [0.25, 0.3) is 0 Å². The van der Waals surface area contributed by atoms with Crippen molar-refractivity contribution in [1.82, 2.24) is 15.1 Å². The van der Waals surface area contributed by atoms with Gasteiger partial charge in [0.2, 0.25) is 0 Å². The van der Waals surface area contributed by atoms with E-state index in [1.54, 1.807) is 0 Å². The third-order valence-electron chi connectivity index (χ3n) is 2.55. The lowest BCUT2D eigenvalue weighted by molar-refractivity contribution is 0.377. The molecule has 1 aromatic heterocycles. The fourth-order valence-corrected chi connectivity index (χ4v) is 1.65. The third kappa shape index (κ3) is 3.50. The average Bonchev–Trinajstić information content (AvgIpc) is 2.64. The van der Waals surface area contributed by atoms with Gasteiger partial charge in [-0.05, 0) is 18.4 Å². The molecule has 0 saturated heterocycles. The van der Waals surface area contributed by atoms with Crippen molar-refractivity contribution in [2.24, 2.45) is 5.92 Å². The summed E-state index contributed by atoms with van der Waals surface area (Å²) in [5, 5.41) is 7.71. The molecular weight excluding hydrogens is 174 g/mol. The van der Waals surface area contributed by atoms with Crippen LogP contribution in [0.15, 0.2) is 18.5 Å². The van der Waals surface area contributed by atoms with E-state index in [0.29, 0.717) is 12.0 Å². The van der Waals surface area contributed by atoms with E-state index in [1.807, 2.05) is 23.1 Å². The molecule has 14 heavy (non-hydrogen) atoms. The van der Waals surface area contributed by atoms with Gasteiger partial charge in [0.15, 0.2) is 0 Å². The number of hydrogen-bond acceptors (Lipinski definition) is 2. The van der Waals surface area contributed by atoms with Gasteiger partial charge < -0.3 is 5.32 Å². The highest BCUT2D eigenvalue weighted by atomic mass is 15.3. The van der Waals surface area contributed by atoms with Crippen molar-refractivity contribution >= 4 is 0 Å². The van der Waals surface area contributed by atoms with Gasteiger partial charge in [0, 0.05) is 25.0 Å². The highest BCUT2D eigenvalue weighted by Crippen LogP contribution is 2.04. The molecule has 0 bridgehead atoms. The number of aromatic nitrogens is 2. The Morgan fingerprint density at radius 3 is 2.71 bits per heavy atom. The summed E-state index contributed by atoms with van der Waals surface area (Å²) in [5.74, 6) is 0.706. The van der Waals surface area contributed by atoms with E-state index in [4.69, 9.17) is 0 Å². The monoisotopic (exact) mass is 195 g/mol. The minimum absolute atomic E-state index is 0.630. The zero-order chi connectivity index (χ0) is 10.4. The maximum atomic E-state index is 4.16. The summed E-state index contributed by atoms with van der Waals surface area (Å²) in [5.41, 5.74) is 0. The molecule has 1 heterocycles. The van der Waals surface area contributed by atoms with E-state index in [9.17, 15) is 0 Å². The van der Waals surface area contributed by atoms with Crippen LogP contribution in [-0.4, -0.2) is 22.4 Å². The van der Waals surface area contributed by atoms with E-state index < -0.39 is 0 Å². The standard InChI is InChI=1S/C11H21N3/c1-4-11(10(2)3)12-7-9-14-8-5-6-13-14/h5-6,8,10-12H,4,7,9H2,1-3H3. The van der Waals surface area contributed by atoms with Crippen molar-refractivity contribution in [3.05, 3.63) is 18.5 Å². The first-order valence-electron chi connectivity index (χ1n) is 5.44. The molecule has 0 spiro atoms. The Balaban J connectivity index is 2.20. The first-order chi connectivity index (χ1) is 6.74. The Kier molecular flexibility index (Phi) is 4.66. The fourth-order valence-electron chi connectivity index (χ4n) is 1.65. The minimum Gasteiger partial charge on any atom is -0.312 e. The normalized spacial score (nSPS) is 13.4. The van der Waals surface area contributed by atoms with Crippen molar-refractivity contribution in [2.75, 3.05) is 6.54 Å². The fraction of sp³-hybridized carbons (Fsp3) is 0.727. The molecule has 0 amide bonds. The predicted molar refractivity (Wildman–Crippen MR) is 59.1 cm³/mol. The Morgan fingerprint density at radius 1 is 1.43 bits per heavy atom. The van der Waals surface area contributed by atoms with Crippen LogP contribution >= 0.6 is 0 Å². The summed E-state index contributed by atoms with van der Waals surface area (Å²) in [6, 6.07) is 2.59. The lowest BCUT2D eigenvalue weighted by Crippen LogP contribution is -2.35. The van der Waals surface area contributed by atoms with Crippen molar-refractivity contribution in [1.29, 1.82) is 0 Å². The Hall–Kier alpha value is -0.830. The van der Waals surface area contributed by atoms with E-state index in [-0.39, 0.29) is 0 Å². The Bertz CT molecular complexity index is 229. The SMILES string of the molecule is CCC(NCCn1cccn1)C(C)C. The Labute approximate surface area is 86.5 Å². The highest BCUT2D eigenvalue weighted by Gasteiger charge is 2.08. The molecule has 0 aliphatic carbocycles. The van der Waals surface area contributed by atoms with Crippen LogP contribution in [0.4, 0.5) is 0 Å². The molecule has 80 valence electrons. The van der Waals surface area contributed by atoms with E-state index in [1.165, 1.54) is 6.42 Å². The van der Waals surface area contributed by atoms with Crippen molar-refractivity contribution in [3.63, 3.8) is 0 Å². The van der Waals surface area contributed by atoms with Gasteiger partial charge in [0.05, 0.1) is 6.54 Å². The van der Waals surface area contributed by atoms with Crippen LogP contribution in [0.1, 0.15) is 27.2 Å². The van der Waals surface area contributed by atoms with Crippen molar-refractivity contribution in [2.45, 2.75) is 39.8 Å². The van der Waals surface area contributed by atoms with Crippen LogP contribution in [0.3, 0.4) is 0 Å². The summed E-state index contributed by atoms with van der Waals surface area (Å²) in [6.45, 7) is 8.70. The van der Waals surface area contributed by atoms with Gasteiger partial charge in [-0.1, -0.05) is 20.8 Å². The molecule has 1 N–H and O–H groups in total. The first kappa shape index (κ1) is 11.2. The molecule has 0 aliphatic rings. The molecule has 1 aromatic rings. The van der Waals surface area contributed by atoms with Gasteiger partial charge in [0.25, 0.3) is 0 Å². The molecule has 1 unspecified atom stereocenters. The maximum Gasteiger partial charge on any atom is 0.0534 e. The van der Waals surface area contributed by atoms with Crippen LogP contribution < -0.4 is 5.32 Å². The summed E-state index contributed by atoms with van der Waals surface area (Å²) in [6.07, 6.45) is 5.01. The Morgan fingerprint density at radius 2 is 2.21 bits per heavy atom. The molecule has 1 rings (SSSR count). The van der Waals surface area contributed by atoms with Crippen LogP contribution in [0, 0.1) is 5.92 Å². The second kappa shape index (κ2) is 5.81. The van der Waals surface area contributed by atoms with Gasteiger partial charge in [-0.2, -0.15) is 5.10 Å². The largest absolute Gasteiger partial charge is 0.312 e. The van der Waals surface area contributed by atoms with Gasteiger partial charge in [-0.3, -0.25) is 4.68 Å². The highest BCUT2D eigenvalue weighted by molar-refractivity contribution is 4.78. The zero-order valence-electron chi connectivity index (χ0n) is 9.40. The minimum atomic E-state index is 0.630. The zero-order valence-corrected chi connectivity index (χ0v) is 9.40. The molecule has 0 radical (unpaired) electrons. The second-order valence-electron chi connectivity index (χ2n) is 3.98.